The van der Waals surface area contributed by atoms with Gasteiger partial charge in [-0.25, -0.2) is 9.36 Å². The van der Waals surface area contributed by atoms with Gasteiger partial charge >= 0.3 is 0 Å². The molecule has 0 amide bonds. The summed E-state index contributed by atoms with van der Waals surface area (Å²) in [5.41, 5.74) is 2.59. The lowest BCUT2D eigenvalue weighted by atomic mass is 10.0. The Kier molecular flexibility index (Phi) is 3.96. The molecule has 0 aliphatic carbocycles. The average Bonchev–Trinajstić information content (AvgIpc) is 3.42. The zero-order valence-corrected chi connectivity index (χ0v) is 15.7. The SMILES string of the molecule is O=c1[nH]c2cc(Cl)c(-c3ccc(-n4cccn4)cc3)cc2c(O)c1-n1cccn1. The van der Waals surface area contributed by atoms with Gasteiger partial charge in [0.2, 0.25) is 0 Å². The molecule has 8 heteroatoms. The lowest BCUT2D eigenvalue weighted by Crippen LogP contribution is -2.15. The zero-order valence-electron chi connectivity index (χ0n) is 15.0. The predicted octanol–water partition coefficient (Wildman–Crippen LogP) is 3.93. The summed E-state index contributed by atoms with van der Waals surface area (Å²) in [6, 6.07) is 14.7. The average molecular weight is 404 g/mol. The Bertz CT molecular complexity index is 1370. The number of hydrogen-bond donors (Lipinski definition) is 2. The Morgan fingerprint density at radius 1 is 0.966 bits per heavy atom. The molecule has 142 valence electrons. The van der Waals surface area contributed by atoms with Gasteiger partial charge in [-0.3, -0.25) is 4.79 Å². The number of nitrogens with zero attached hydrogens (tertiary/aromatic N) is 4. The van der Waals surface area contributed by atoms with E-state index in [0.717, 1.165) is 16.8 Å². The van der Waals surface area contributed by atoms with Gasteiger partial charge in [-0.05, 0) is 42.0 Å². The first-order valence-electron chi connectivity index (χ1n) is 8.81. The molecule has 0 aliphatic rings. The van der Waals surface area contributed by atoms with Gasteiger partial charge in [-0.1, -0.05) is 23.7 Å². The first-order chi connectivity index (χ1) is 14.1. The zero-order chi connectivity index (χ0) is 20.0. The molecule has 0 aliphatic heterocycles. The molecule has 5 rings (SSSR count). The maximum atomic E-state index is 12.4. The van der Waals surface area contributed by atoms with Crippen LogP contribution in [0.1, 0.15) is 0 Å². The van der Waals surface area contributed by atoms with Crippen LogP contribution in [-0.4, -0.2) is 29.7 Å². The number of H-pyrrole nitrogens is 1. The second kappa shape index (κ2) is 6.65. The summed E-state index contributed by atoms with van der Waals surface area (Å²) in [5, 5.41) is 20.0. The van der Waals surface area contributed by atoms with Crippen LogP contribution in [-0.2, 0) is 0 Å². The molecule has 5 aromatic rings. The molecule has 3 heterocycles. The maximum Gasteiger partial charge on any atom is 0.278 e. The summed E-state index contributed by atoms with van der Waals surface area (Å²) in [4.78, 5) is 15.2. The van der Waals surface area contributed by atoms with Crippen molar-refractivity contribution in [2.24, 2.45) is 0 Å². The van der Waals surface area contributed by atoms with E-state index in [0.29, 0.717) is 15.9 Å². The number of aromatic amines is 1. The molecule has 2 aromatic carbocycles. The van der Waals surface area contributed by atoms with Crippen LogP contribution in [0.15, 0.2) is 78.1 Å². The molecular weight excluding hydrogens is 390 g/mol. The molecule has 0 radical (unpaired) electrons. The van der Waals surface area contributed by atoms with Crippen LogP contribution in [0.25, 0.3) is 33.4 Å². The summed E-state index contributed by atoms with van der Waals surface area (Å²) in [5.74, 6) is -0.154. The van der Waals surface area contributed by atoms with Crippen LogP contribution in [0, 0.1) is 0 Å². The summed E-state index contributed by atoms with van der Waals surface area (Å²) in [6.07, 6.45) is 6.72. The van der Waals surface area contributed by atoms with Crippen molar-refractivity contribution < 1.29 is 5.11 Å². The monoisotopic (exact) mass is 403 g/mol. The number of halogens is 1. The van der Waals surface area contributed by atoms with E-state index in [-0.39, 0.29) is 11.4 Å². The first kappa shape index (κ1) is 17.3. The van der Waals surface area contributed by atoms with E-state index in [1.807, 2.05) is 36.5 Å². The van der Waals surface area contributed by atoms with Crippen molar-refractivity contribution >= 4 is 22.5 Å². The lowest BCUT2D eigenvalue weighted by molar-refractivity contribution is 0.475. The molecule has 0 atom stereocenters. The van der Waals surface area contributed by atoms with Gasteiger partial charge in [0.25, 0.3) is 5.56 Å². The molecule has 0 spiro atoms. The van der Waals surface area contributed by atoms with E-state index in [1.165, 1.54) is 10.9 Å². The fraction of sp³-hybridized carbons (Fsp3) is 0. The topological polar surface area (TPSA) is 88.7 Å². The minimum Gasteiger partial charge on any atom is -0.505 e. The van der Waals surface area contributed by atoms with Crippen molar-refractivity contribution in [1.82, 2.24) is 24.5 Å². The number of aromatic nitrogens is 5. The largest absolute Gasteiger partial charge is 0.505 e. The quantitative estimate of drug-likeness (QED) is 0.477. The third-order valence-electron chi connectivity index (χ3n) is 4.73. The standard InChI is InChI=1S/C21H14ClN5O2/c22-17-12-18-16(20(28)19(21(29)25-18)27-10-2-8-24-27)11-15(17)13-3-5-14(6-4-13)26-9-1-7-23-26/h1-12H,(H2,25,28,29). The molecule has 0 unspecified atom stereocenters. The Labute approximate surface area is 169 Å². The minimum absolute atomic E-state index is 0.0600. The molecule has 2 N–H and O–H groups in total. The van der Waals surface area contributed by atoms with Crippen LogP contribution in [0.4, 0.5) is 0 Å². The number of benzene rings is 2. The van der Waals surface area contributed by atoms with Crippen LogP contribution >= 0.6 is 11.6 Å². The molecule has 0 bridgehead atoms. The fourth-order valence-corrected chi connectivity index (χ4v) is 3.61. The third-order valence-corrected chi connectivity index (χ3v) is 5.04. The summed E-state index contributed by atoms with van der Waals surface area (Å²) >= 11 is 6.48. The van der Waals surface area contributed by atoms with Gasteiger partial charge in [0.05, 0.1) is 16.2 Å². The fourth-order valence-electron chi connectivity index (χ4n) is 3.34. The van der Waals surface area contributed by atoms with Crippen molar-refractivity contribution in [2.45, 2.75) is 0 Å². The van der Waals surface area contributed by atoms with E-state index in [9.17, 15) is 9.90 Å². The van der Waals surface area contributed by atoms with E-state index in [1.54, 1.807) is 35.3 Å². The van der Waals surface area contributed by atoms with E-state index in [4.69, 9.17) is 11.6 Å². The number of fused-ring (bicyclic) bond motifs is 1. The first-order valence-corrected chi connectivity index (χ1v) is 9.18. The minimum atomic E-state index is -0.453. The molecule has 0 fully saturated rings. The van der Waals surface area contributed by atoms with Gasteiger partial charge in [-0.15, -0.1) is 0 Å². The summed E-state index contributed by atoms with van der Waals surface area (Å²) in [6.45, 7) is 0. The molecule has 7 nitrogen and oxygen atoms in total. The van der Waals surface area contributed by atoms with Crippen molar-refractivity contribution in [3.63, 3.8) is 0 Å². The predicted molar refractivity (Wildman–Crippen MR) is 111 cm³/mol. The number of hydrogen-bond acceptors (Lipinski definition) is 4. The van der Waals surface area contributed by atoms with Crippen molar-refractivity contribution in [2.75, 3.05) is 0 Å². The smallest absolute Gasteiger partial charge is 0.278 e. The van der Waals surface area contributed by atoms with Gasteiger partial charge in [-0.2, -0.15) is 10.2 Å². The normalized spacial score (nSPS) is 11.2. The van der Waals surface area contributed by atoms with Gasteiger partial charge in [0, 0.05) is 35.7 Å². The summed E-state index contributed by atoms with van der Waals surface area (Å²) in [7, 11) is 0. The van der Waals surface area contributed by atoms with Gasteiger partial charge in [0.1, 0.15) is 0 Å². The van der Waals surface area contributed by atoms with Gasteiger partial charge < -0.3 is 10.1 Å². The van der Waals surface area contributed by atoms with E-state index >= 15 is 0 Å². The molecule has 0 saturated heterocycles. The Morgan fingerprint density at radius 2 is 1.66 bits per heavy atom. The van der Waals surface area contributed by atoms with Crippen LogP contribution in [0.5, 0.6) is 5.75 Å². The van der Waals surface area contributed by atoms with Crippen molar-refractivity contribution in [1.29, 1.82) is 0 Å². The Hall–Kier alpha value is -3.84. The van der Waals surface area contributed by atoms with Gasteiger partial charge in [0.15, 0.2) is 11.4 Å². The van der Waals surface area contributed by atoms with E-state index < -0.39 is 5.56 Å². The van der Waals surface area contributed by atoms with Crippen LogP contribution in [0.3, 0.4) is 0 Å². The molecule has 3 aromatic heterocycles. The second-order valence-corrected chi connectivity index (χ2v) is 6.88. The Morgan fingerprint density at radius 3 is 2.31 bits per heavy atom. The van der Waals surface area contributed by atoms with Crippen LogP contribution < -0.4 is 5.56 Å². The maximum absolute atomic E-state index is 12.4. The molecule has 0 saturated carbocycles. The molecular formula is C21H14ClN5O2. The highest BCUT2D eigenvalue weighted by atomic mass is 35.5. The second-order valence-electron chi connectivity index (χ2n) is 6.48. The number of pyridine rings is 1. The number of aromatic hydroxyl groups is 1. The van der Waals surface area contributed by atoms with Crippen molar-refractivity contribution in [3.8, 4) is 28.3 Å². The number of rotatable bonds is 3. The third kappa shape index (κ3) is 2.88. The number of nitrogens with one attached hydrogen (secondary N) is 1. The highest BCUT2D eigenvalue weighted by Gasteiger charge is 2.16. The Balaban J connectivity index is 1.67. The van der Waals surface area contributed by atoms with Crippen LogP contribution in [0.2, 0.25) is 5.02 Å². The highest BCUT2D eigenvalue weighted by molar-refractivity contribution is 6.34. The van der Waals surface area contributed by atoms with Crippen molar-refractivity contribution in [3.05, 3.63) is 88.7 Å². The van der Waals surface area contributed by atoms with E-state index in [2.05, 4.69) is 15.2 Å². The highest BCUT2D eigenvalue weighted by Crippen LogP contribution is 2.36. The molecule has 29 heavy (non-hydrogen) atoms. The lowest BCUT2D eigenvalue weighted by Gasteiger charge is -2.11. The summed E-state index contributed by atoms with van der Waals surface area (Å²) < 4.78 is 3.10.